The number of hydrogen-bond acceptors (Lipinski definition) is 2. The number of fused-ring (bicyclic) bond motifs is 4. The van der Waals surface area contributed by atoms with Crippen LogP contribution in [0.15, 0.2) is 18.3 Å². The maximum absolute atomic E-state index is 13.4. The van der Waals surface area contributed by atoms with E-state index in [-0.39, 0.29) is 23.2 Å². The fraction of sp³-hybridized carbons (Fsp3) is 0.667. The molecule has 4 saturated carbocycles. The van der Waals surface area contributed by atoms with Gasteiger partial charge in [0.25, 0.3) is 0 Å². The minimum atomic E-state index is -0.383. The lowest BCUT2D eigenvalue weighted by Gasteiger charge is -2.41. The monoisotopic (exact) mass is 439 g/mol. The molecule has 1 heterocycles. The van der Waals surface area contributed by atoms with Crippen molar-refractivity contribution < 1.29 is 9.59 Å². The van der Waals surface area contributed by atoms with Gasteiger partial charge in [0, 0.05) is 46.8 Å². The van der Waals surface area contributed by atoms with Crippen molar-refractivity contribution >= 4 is 43.4 Å². The van der Waals surface area contributed by atoms with E-state index in [2.05, 4.69) is 42.5 Å². The van der Waals surface area contributed by atoms with Crippen LogP contribution in [0.5, 0.6) is 0 Å². The zero-order valence-electron chi connectivity index (χ0n) is 12.9. The second-order valence-corrected chi connectivity index (χ2v) is 9.51. The number of alkyl halides is 2. The van der Waals surface area contributed by atoms with Crippen LogP contribution in [0.25, 0.3) is 0 Å². The predicted octanol–water partition coefficient (Wildman–Crippen LogP) is 2.99. The van der Waals surface area contributed by atoms with Crippen molar-refractivity contribution in [3.05, 3.63) is 24.0 Å². The Morgan fingerprint density at radius 3 is 2.83 bits per heavy atom. The summed E-state index contributed by atoms with van der Waals surface area (Å²) in [6.07, 6.45) is 3.78. The smallest absolute Gasteiger partial charge is 0.145 e. The standard InChI is InChI=1S/C18H19Br2NO2/c1-21-4-2-3-8(21)5-9-12-13-11-6-10(15(13)20)14(16(9)22)18(11,7-19)17(12)23/h2-4,9-15H,5-7H2,1H3/t9-,10+,11+,12-,13-,14-,15+,18-/m0/s1. The van der Waals surface area contributed by atoms with E-state index in [1.807, 2.05) is 19.3 Å². The molecule has 4 aliphatic rings. The van der Waals surface area contributed by atoms with Gasteiger partial charge in [0.05, 0.1) is 5.41 Å². The van der Waals surface area contributed by atoms with Gasteiger partial charge in [-0.25, -0.2) is 0 Å². The number of hydrogen-bond donors (Lipinski definition) is 0. The molecule has 0 amide bonds. The summed E-state index contributed by atoms with van der Waals surface area (Å²) in [5.74, 6) is 1.62. The van der Waals surface area contributed by atoms with Crippen molar-refractivity contribution in [2.24, 2.45) is 48.0 Å². The largest absolute Gasteiger partial charge is 0.354 e. The lowest BCUT2D eigenvalue weighted by Crippen LogP contribution is -2.52. The Balaban J connectivity index is 1.62. The molecule has 0 unspecified atom stereocenters. The molecule has 0 aromatic carbocycles. The molecule has 5 heteroatoms. The minimum Gasteiger partial charge on any atom is -0.354 e. The van der Waals surface area contributed by atoms with Crippen LogP contribution in [0.4, 0.5) is 0 Å². The maximum atomic E-state index is 13.4. The summed E-state index contributed by atoms with van der Waals surface area (Å²) >= 11 is 7.48. The van der Waals surface area contributed by atoms with E-state index < -0.39 is 0 Å². The molecule has 1 aromatic rings. The maximum Gasteiger partial charge on any atom is 0.145 e. The Morgan fingerprint density at radius 1 is 1.39 bits per heavy atom. The topological polar surface area (TPSA) is 39.1 Å². The summed E-state index contributed by atoms with van der Waals surface area (Å²) in [6, 6.07) is 4.09. The lowest BCUT2D eigenvalue weighted by molar-refractivity contribution is -0.148. The van der Waals surface area contributed by atoms with Crippen molar-refractivity contribution in [1.82, 2.24) is 4.57 Å². The molecule has 0 aliphatic heterocycles. The molecule has 1 aromatic heterocycles. The fourth-order valence-corrected chi connectivity index (χ4v) is 8.84. The van der Waals surface area contributed by atoms with Gasteiger partial charge >= 0.3 is 0 Å². The van der Waals surface area contributed by atoms with Gasteiger partial charge in [0.2, 0.25) is 0 Å². The molecule has 122 valence electrons. The second kappa shape index (κ2) is 4.60. The third-order valence-corrected chi connectivity index (χ3v) is 9.61. The predicted molar refractivity (Wildman–Crippen MR) is 93.6 cm³/mol. The molecule has 4 bridgehead atoms. The van der Waals surface area contributed by atoms with E-state index in [1.165, 1.54) is 0 Å². The minimum absolute atomic E-state index is 0.0657. The van der Waals surface area contributed by atoms with Crippen molar-refractivity contribution in [3.8, 4) is 0 Å². The molecule has 0 spiro atoms. The van der Waals surface area contributed by atoms with Crippen molar-refractivity contribution in [2.75, 3.05) is 5.33 Å². The molecular formula is C18H19Br2NO2. The quantitative estimate of drug-likeness (QED) is 0.677. The Kier molecular flexibility index (Phi) is 2.98. The number of nitrogens with zero attached hydrogens (tertiary/aromatic N) is 1. The first-order valence-corrected chi connectivity index (χ1v) is 10.4. The van der Waals surface area contributed by atoms with Crippen LogP contribution in [0.2, 0.25) is 0 Å². The first kappa shape index (κ1) is 14.9. The second-order valence-electron chi connectivity index (χ2n) is 7.89. The van der Waals surface area contributed by atoms with Crippen molar-refractivity contribution in [3.63, 3.8) is 0 Å². The summed E-state index contributed by atoms with van der Waals surface area (Å²) in [7, 11) is 2.02. The number of ketones is 2. The molecule has 4 fully saturated rings. The van der Waals surface area contributed by atoms with E-state index in [0.29, 0.717) is 45.9 Å². The van der Waals surface area contributed by atoms with Crippen LogP contribution in [0, 0.1) is 40.9 Å². The van der Waals surface area contributed by atoms with Crippen LogP contribution in [-0.2, 0) is 23.1 Å². The molecule has 0 saturated heterocycles. The molecule has 5 rings (SSSR count). The average Bonchev–Trinajstić information content (AvgIpc) is 3.19. The molecule has 23 heavy (non-hydrogen) atoms. The number of carbonyl (C=O) groups excluding carboxylic acids is 2. The number of carbonyl (C=O) groups is 2. The Labute approximate surface area is 152 Å². The van der Waals surface area contributed by atoms with E-state index in [0.717, 1.165) is 12.1 Å². The van der Waals surface area contributed by atoms with Crippen molar-refractivity contribution in [2.45, 2.75) is 17.7 Å². The fourth-order valence-electron chi connectivity index (χ4n) is 6.58. The zero-order valence-corrected chi connectivity index (χ0v) is 16.1. The van der Waals surface area contributed by atoms with Crippen LogP contribution < -0.4 is 0 Å². The molecule has 0 N–H and O–H groups in total. The number of halogens is 2. The van der Waals surface area contributed by atoms with Gasteiger partial charge in [-0.2, -0.15) is 0 Å². The Bertz CT molecular complexity index is 728. The average molecular weight is 441 g/mol. The Morgan fingerprint density at radius 2 is 2.17 bits per heavy atom. The highest BCUT2D eigenvalue weighted by Crippen LogP contribution is 2.75. The van der Waals surface area contributed by atoms with Crippen LogP contribution in [-0.4, -0.2) is 26.3 Å². The van der Waals surface area contributed by atoms with Gasteiger partial charge < -0.3 is 4.57 Å². The molecule has 3 nitrogen and oxygen atoms in total. The zero-order chi connectivity index (χ0) is 16.1. The van der Waals surface area contributed by atoms with Crippen LogP contribution in [0.1, 0.15) is 12.1 Å². The van der Waals surface area contributed by atoms with Gasteiger partial charge in [0.1, 0.15) is 11.6 Å². The third-order valence-electron chi connectivity index (χ3n) is 7.40. The van der Waals surface area contributed by atoms with Gasteiger partial charge in [-0.1, -0.05) is 31.9 Å². The summed E-state index contributed by atoms with van der Waals surface area (Å²) in [6.45, 7) is 0. The Hall–Kier alpha value is -0.420. The summed E-state index contributed by atoms with van der Waals surface area (Å²) in [5.41, 5.74) is 0.778. The number of aromatic nitrogens is 1. The first-order valence-electron chi connectivity index (χ1n) is 8.40. The van der Waals surface area contributed by atoms with E-state index in [4.69, 9.17) is 0 Å². The molecular weight excluding hydrogens is 422 g/mol. The third kappa shape index (κ3) is 1.49. The molecule has 8 atom stereocenters. The van der Waals surface area contributed by atoms with Gasteiger partial charge in [-0.05, 0) is 42.7 Å². The van der Waals surface area contributed by atoms with E-state index in [9.17, 15) is 9.59 Å². The van der Waals surface area contributed by atoms with Gasteiger partial charge in [-0.15, -0.1) is 0 Å². The molecule has 0 radical (unpaired) electrons. The normalized spacial score (nSPS) is 49.6. The SMILES string of the molecule is Cn1cccc1C[C@@H]1C(=O)[C@@H]2[C@H]3C[C@@H]4[C@H]([C@@H]3Br)[C@H]1C(=O)[C@@]42CBr. The number of rotatable bonds is 3. The number of aryl methyl sites for hydroxylation is 1. The van der Waals surface area contributed by atoms with Gasteiger partial charge in [0.15, 0.2) is 0 Å². The molecule has 4 aliphatic carbocycles. The summed E-state index contributed by atoms with van der Waals surface area (Å²) < 4.78 is 2.08. The van der Waals surface area contributed by atoms with Crippen LogP contribution >= 0.6 is 31.9 Å². The van der Waals surface area contributed by atoms with Gasteiger partial charge in [-0.3, -0.25) is 9.59 Å². The van der Waals surface area contributed by atoms with E-state index >= 15 is 0 Å². The summed E-state index contributed by atoms with van der Waals surface area (Å²) in [5, 5.41) is 0.667. The van der Waals surface area contributed by atoms with Crippen molar-refractivity contribution in [1.29, 1.82) is 0 Å². The summed E-state index contributed by atoms with van der Waals surface area (Å²) in [4.78, 5) is 27.1. The highest BCUT2D eigenvalue weighted by Gasteiger charge is 2.80. The number of Topliss-reactive ketones (excluding diaryl/α,β-unsaturated/α-hetero) is 2. The first-order chi connectivity index (χ1) is 11.0. The highest BCUT2D eigenvalue weighted by atomic mass is 79.9. The van der Waals surface area contributed by atoms with E-state index in [1.54, 1.807) is 0 Å². The van der Waals surface area contributed by atoms with Crippen LogP contribution in [0.3, 0.4) is 0 Å². The lowest BCUT2D eigenvalue weighted by atomic mass is 9.62. The highest BCUT2D eigenvalue weighted by molar-refractivity contribution is 9.09.